The molecule has 0 unspecified atom stereocenters. The van der Waals surface area contributed by atoms with Crippen LogP contribution in [0.15, 0.2) is 23.4 Å². The Hall–Kier alpha value is -2.04. The van der Waals surface area contributed by atoms with E-state index in [4.69, 9.17) is 14.7 Å². The average molecular weight is 223 g/mol. The molecule has 0 amide bonds. The number of oxime groups is 1. The van der Waals surface area contributed by atoms with Gasteiger partial charge in [-0.2, -0.15) is 0 Å². The SMILES string of the molecule is COc1ccc(C(=O)/C(C)=N/O)cc1OC. The lowest BCUT2D eigenvalue weighted by molar-refractivity contribution is 0.106. The van der Waals surface area contributed by atoms with Crippen LogP contribution < -0.4 is 9.47 Å². The lowest BCUT2D eigenvalue weighted by Crippen LogP contribution is -2.10. The van der Waals surface area contributed by atoms with Crippen LogP contribution >= 0.6 is 0 Å². The summed E-state index contributed by atoms with van der Waals surface area (Å²) in [4.78, 5) is 11.7. The van der Waals surface area contributed by atoms with Crippen LogP contribution in [0.25, 0.3) is 0 Å². The van der Waals surface area contributed by atoms with Gasteiger partial charge in [0, 0.05) is 5.56 Å². The Balaban J connectivity index is 3.13. The number of ether oxygens (including phenoxy) is 2. The molecule has 1 N–H and O–H groups in total. The zero-order chi connectivity index (χ0) is 12.1. The van der Waals surface area contributed by atoms with E-state index in [-0.39, 0.29) is 11.5 Å². The molecule has 0 radical (unpaired) electrons. The first-order valence-electron chi connectivity index (χ1n) is 4.59. The molecule has 0 saturated carbocycles. The fourth-order valence-corrected chi connectivity index (χ4v) is 1.23. The molecule has 5 nitrogen and oxygen atoms in total. The second-order valence-corrected chi connectivity index (χ2v) is 3.08. The summed E-state index contributed by atoms with van der Waals surface area (Å²) in [5, 5.41) is 11.4. The highest BCUT2D eigenvalue weighted by Crippen LogP contribution is 2.27. The van der Waals surface area contributed by atoms with Crippen molar-refractivity contribution in [2.24, 2.45) is 5.16 Å². The minimum atomic E-state index is -0.358. The molecule has 0 aliphatic rings. The highest BCUT2D eigenvalue weighted by Gasteiger charge is 2.13. The van der Waals surface area contributed by atoms with Crippen LogP contribution in [0.2, 0.25) is 0 Å². The first-order valence-corrected chi connectivity index (χ1v) is 4.59. The van der Waals surface area contributed by atoms with Gasteiger partial charge in [0.25, 0.3) is 0 Å². The Morgan fingerprint density at radius 1 is 1.25 bits per heavy atom. The third-order valence-corrected chi connectivity index (χ3v) is 2.12. The Morgan fingerprint density at radius 2 is 1.88 bits per heavy atom. The molecule has 16 heavy (non-hydrogen) atoms. The highest BCUT2D eigenvalue weighted by atomic mass is 16.5. The van der Waals surface area contributed by atoms with E-state index in [0.717, 1.165) is 0 Å². The van der Waals surface area contributed by atoms with Gasteiger partial charge >= 0.3 is 0 Å². The lowest BCUT2D eigenvalue weighted by atomic mass is 10.1. The van der Waals surface area contributed by atoms with Crippen molar-refractivity contribution in [3.05, 3.63) is 23.8 Å². The van der Waals surface area contributed by atoms with Crippen molar-refractivity contribution in [1.29, 1.82) is 0 Å². The number of nitrogens with zero attached hydrogens (tertiary/aromatic N) is 1. The van der Waals surface area contributed by atoms with E-state index in [2.05, 4.69) is 5.16 Å². The summed E-state index contributed by atoms with van der Waals surface area (Å²) in [5.41, 5.74) is 0.403. The molecule has 0 bridgehead atoms. The Bertz CT molecular complexity index is 426. The Kier molecular flexibility index (Phi) is 3.88. The number of hydrogen-bond donors (Lipinski definition) is 1. The van der Waals surface area contributed by atoms with Crippen LogP contribution in [0, 0.1) is 0 Å². The standard InChI is InChI=1S/C11H13NO4/c1-7(12-14)11(13)8-4-5-9(15-2)10(6-8)16-3/h4-6,14H,1-3H3/b12-7+. The van der Waals surface area contributed by atoms with Crippen molar-refractivity contribution in [2.45, 2.75) is 6.92 Å². The van der Waals surface area contributed by atoms with Crippen LogP contribution in [-0.2, 0) is 0 Å². The second kappa shape index (κ2) is 5.16. The van der Waals surface area contributed by atoms with E-state index >= 15 is 0 Å². The van der Waals surface area contributed by atoms with Gasteiger partial charge in [-0.05, 0) is 25.1 Å². The van der Waals surface area contributed by atoms with Gasteiger partial charge in [-0.1, -0.05) is 5.16 Å². The van der Waals surface area contributed by atoms with Gasteiger partial charge in [-0.25, -0.2) is 0 Å². The van der Waals surface area contributed by atoms with Crippen LogP contribution in [0.4, 0.5) is 0 Å². The number of ketones is 1. The number of rotatable bonds is 4. The fraction of sp³-hybridized carbons (Fsp3) is 0.273. The molecule has 0 fully saturated rings. The summed E-state index contributed by atoms with van der Waals surface area (Å²) in [6.07, 6.45) is 0. The molecular weight excluding hydrogens is 210 g/mol. The number of benzene rings is 1. The van der Waals surface area contributed by atoms with Crippen LogP contribution in [0.5, 0.6) is 11.5 Å². The van der Waals surface area contributed by atoms with E-state index in [9.17, 15) is 4.79 Å². The number of hydrogen-bond acceptors (Lipinski definition) is 5. The summed E-state index contributed by atoms with van der Waals surface area (Å²) < 4.78 is 10.1. The first-order chi connectivity index (χ1) is 7.63. The molecule has 5 heteroatoms. The van der Waals surface area contributed by atoms with Crippen LogP contribution in [0.3, 0.4) is 0 Å². The van der Waals surface area contributed by atoms with E-state index in [1.807, 2.05) is 0 Å². The third-order valence-electron chi connectivity index (χ3n) is 2.12. The quantitative estimate of drug-likeness (QED) is 0.365. The minimum absolute atomic E-state index is 0.0206. The van der Waals surface area contributed by atoms with Crippen molar-refractivity contribution >= 4 is 11.5 Å². The highest BCUT2D eigenvalue weighted by molar-refractivity contribution is 6.45. The second-order valence-electron chi connectivity index (χ2n) is 3.08. The van der Waals surface area contributed by atoms with Gasteiger partial charge in [0.2, 0.25) is 5.78 Å². The van der Waals surface area contributed by atoms with E-state index in [0.29, 0.717) is 17.1 Å². The summed E-state index contributed by atoms with van der Waals surface area (Å²) in [5.74, 6) is 0.639. The largest absolute Gasteiger partial charge is 0.493 e. The Morgan fingerprint density at radius 3 is 2.38 bits per heavy atom. The van der Waals surface area contributed by atoms with E-state index < -0.39 is 0 Å². The van der Waals surface area contributed by atoms with E-state index in [1.54, 1.807) is 12.1 Å². The predicted molar refractivity (Wildman–Crippen MR) is 58.8 cm³/mol. The molecule has 0 aromatic heterocycles. The molecule has 0 aliphatic carbocycles. The monoisotopic (exact) mass is 223 g/mol. The van der Waals surface area contributed by atoms with Crippen LogP contribution in [-0.4, -0.2) is 30.9 Å². The maximum absolute atomic E-state index is 11.7. The summed E-state index contributed by atoms with van der Waals surface area (Å²) in [6.45, 7) is 1.43. The Labute approximate surface area is 93.3 Å². The van der Waals surface area contributed by atoms with Gasteiger partial charge in [0.05, 0.1) is 14.2 Å². The summed E-state index contributed by atoms with van der Waals surface area (Å²) in [7, 11) is 3.00. The number of carbonyl (C=O) groups excluding carboxylic acids is 1. The van der Waals surface area contributed by atoms with Gasteiger partial charge < -0.3 is 14.7 Å². The van der Waals surface area contributed by atoms with Crippen molar-refractivity contribution in [3.63, 3.8) is 0 Å². The third kappa shape index (κ3) is 2.31. The summed E-state index contributed by atoms with van der Waals surface area (Å²) in [6, 6.07) is 4.74. The molecule has 86 valence electrons. The molecule has 0 spiro atoms. The topological polar surface area (TPSA) is 68.1 Å². The number of methoxy groups -OCH3 is 2. The van der Waals surface area contributed by atoms with Crippen molar-refractivity contribution in [3.8, 4) is 11.5 Å². The molecule has 0 atom stereocenters. The molecule has 1 aromatic rings. The van der Waals surface area contributed by atoms with Crippen LogP contribution in [0.1, 0.15) is 17.3 Å². The average Bonchev–Trinajstić information content (AvgIpc) is 2.35. The molecule has 0 saturated heterocycles. The normalized spacial score (nSPS) is 11.1. The number of carbonyl (C=O) groups is 1. The van der Waals surface area contributed by atoms with Gasteiger partial charge in [0.1, 0.15) is 5.71 Å². The zero-order valence-electron chi connectivity index (χ0n) is 9.35. The summed E-state index contributed by atoms with van der Waals surface area (Å²) >= 11 is 0. The maximum Gasteiger partial charge on any atom is 0.210 e. The lowest BCUT2D eigenvalue weighted by Gasteiger charge is -2.08. The van der Waals surface area contributed by atoms with E-state index in [1.165, 1.54) is 27.2 Å². The van der Waals surface area contributed by atoms with Crippen molar-refractivity contribution in [2.75, 3.05) is 14.2 Å². The zero-order valence-corrected chi connectivity index (χ0v) is 9.35. The molecule has 0 aliphatic heterocycles. The van der Waals surface area contributed by atoms with Gasteiger partial charge in [0.15, 0.2) is 11.5 Å². The molecule has 1 rings (SSSR count). The molecule has 0 heterocycles. The van der Waals surface area contributed by atoms with Gasteiger partial charge in [-0.15, -0.1) is 0 Å². The smallest absolute Gasteiger partial charge is 0.210 e. The predicted octanol–water partition coefficient (Wildman–Crippen LogP) is 1.74. The minimum Gasteiger partial charge on any atom is -0.493 e. The maximum atomic E-state index is 11.7. The van der Waals surface area contributed by atoms with Gasteiger partial charge in [-0.3, -0.25) is 4.79 Å². The molecule has 1 aromatic carbocycles. The first kappa shape index (κ1) is 12.0. The molecular formula is C11H13NO4. The van der Waals surface area contributed by atoms with Crippen molar-refractivity contribution in [1.82, 2.24) is 0 Å². The number of Topliss-reactive ketones (excluding diaryl/α,β-unsaturated/α-hetero) is 1. The fourth-order valence-electron chi connectivity index (χ4n) is 1.23. The van der Waals surface area contributed by atoms with Crippen molar-refractivity contribution < 1.29 is 19.5 Å².